The Bertz CT molecular complexity index is 1020. The topological polar surface area (TPSA) is 55.8 Å². The first kappa shape index (κ1) is 22.2. The number of thioether (sulfide) groups is 1. The van der Waals surface area contributed by atoms with Gasteiger partial charge in [0, 0.05) is 10.6 Å². The summed E-state index contributed by atoms with van der Waals surface area (Å²) in [7, 11) is 1.67. The Morgan fingerprint density at radius 1 is 1.03 bits per heavy atom. The van der Waals surface area contributed by atoms with Crippen molar-refractivity contribution >= 4 is 45.9 Å². The fourth-order valence-electron chi connectivity index (χ4n) is 2.84. The van der Waals surface area contributed by atoms with E-state index in [-0.39, 0.29) is 6.61 Å². The molecule has 0 saturated carbocycles. The summed E-state index contributed by atoms with van der Waals surface area (Å²) in [4.78, 5) is 11.8. The highest BCUT2D eigenvalue weighted by molar-refractivity contribution is 14.1. The van der Waals surface area contributed by atoms with Gasteiger partial charge in [-0.15, -0.1) is 11.8 Å². The minimum atomic E-state index is -0.985. The second kappa shape index (κ2) is 11.1. The highest BCUT2D eigenvalue weighted by atomic mass is 127. The molecule has 3 aromatic carbocycles. The minimum absolute atomic E-state index is 0.340. The number of hydrogen-bond acceptors (Lipinski definition) is 4. The molecule has 4 nitrogen and oxygen atoms in total. The quantitative estimate of drug-likeness (QED) is 0.271. The average molecular weight is 532 g/mol. The lowest BCUT2D eigenvalue weighted by Gasteiger charge is -2.10. The fourth-order valence-corrected chi connectivity index (χ4v) is 4.53. The van der Waals surface area contributed by atoms with Gasteiger partial charge in [0.25, 0.3) is 0 Å². The van der Waals surface area contributed by atoms with E-state index >= 15 is 0 Å². The van der Waals surface area contributed by atoms with Crippen LogP contribution in [-0.4, -0.2) is 30.5 Å². The third kappa shape index (κ3) is 6.27. The number of methoxy groups -OCH3 is 1. The van der Waals surface area contributed by atoms with Crippen molar-refractivity contribution in [1.29, 1.82) is 0 Å². The summed E-state index contributed by atoms with van der Waals surface area (Å²) in [5.41, 5.74) is 3.46. The van der Waals surface area contributed by atoms with Crippen molar-refractivity contribution in [1.82, 2.24) is 0 Å². The predicted molar refractivity (Wildman–Crippen MR) is 130 cm³/mol. The van der Waals surface area contributed by atoms with Gasteiger partial charge < -0.3 is 14.6 Å². The van der Waals surface area contributed by atoms with E-state index in [1.165, 1.54) is 5.57 Å². The zero-order valence-corrected chi connectivity index (χ0v) is 19.4. The first-order chi connectivity index (χ1) is 14.6. The van der Waals surface area contributed by atoms with Gasteiger partial charge in [-0.3, -0.25) is 0 Å². The number of benzene rings is 3. The van der Waals surface area contributed by atoms with Crippen LogP contribution in [-0.2, 0) is 4.79 Å². The van der Waals surface area contributed by atoms with Crippen molar-refractivity contribution in [3.63, 3.8) is 0 Å². The summed E-state index contributed by atoms with van der Waals surface area (Å²) in [5.74, 6) is 1.23. The molecular weight excluding hydrogens is 511 g/mol. The first-order valence-electron chi connectivity index (χ1n) is 9.24. The highest BCUT2D eigenvalue weighted by Gasteiger charge is 2.07. The van der Waals surface area contributed by atoms with Gasteiger partial charge in [0.1, 0.15) is 11.5 Å². The van der Waals surface area contributed by atoms with Crippen molar-refractivity contribution < 1.29 is 19.4 Å². The lowest BCUT2D eigenvalue weighted by atomic mass is 9.98. The van der Waals surface area contributed by atoms with Crippen molar-refractivity contribution in [2.75, 3.05) is 19.5 Å². The number of carboxylic acids is 1. The molecule has 0 bridgehead atoms. The van der Waals surface area contributed by atoms with Crippen LogP contribution < -0.4 is 9.47 Å². The van der Waals surface area contributed by atoms with E-state index in [2.05, 4.69) is 52.9 Å². The van der Waals surface area contributed by atoms with Gasteiger partial charge >= 0.3 is 5.97 Å². The van der Waals surface area contributed by atoms with Crippen molar-refractivity contribution in [2.45, 2.75) is 4.90 Å². The monoisotopic (exact) mass is 532 g/mol. The molecule has 0 atom stereocenters. The van der Waals surface area contributed by atoms with Gasteiger partial charge in [0.05, 0.1) is 10.7 Å². The first-order valence-corrected chi connectivity index (χ1v) is 11.3. The van der Waals surface area contributed by atoms with Crippen LogP contribution in [0.5, 0.6) is 11.5 Å². The van der Waals surface area contributed by atoms with Crippen molar-refractivity contribution in [3.05, 3.63) is 93.6 Å². The molecule has 0 aromatic heterocycles. The number of ether oxygens (including phenoxy) is 2. The number of hydrogen-bond donors (Lipinski definition) is 1. The Kier molecular flexibility index (Phi) is 8.21. The van der Waals surface area contributed by atoms with E-state index in [9.17, 15) is 4.79 Å². The number of aliphatic carboxylic acids is 1. The molecule has 0 aliphatic rings. The van der Waals surface area contributed by atoms with Crippen LogP contribution in [0, 0.1) is 3.57 Å². The molecule has 0 radical (unpaired) electrons. The Balaban J connectivity index is 1.76. The maximum Gasteiger partial charge on any atom is 0.341 e. The Morgan fingerprint density at radius 3 is 2.37 bits per heavy atom. The SMILES string of the molecule is COc1ccc(C(=CCSc2ccc(OCC(=O)O)c(I)c2)c2ccccc2)cc1. The molecule has 0 heterocycles. The normalized spacial score (nSPS) is 11.2. The number of halogens is 1. The molecule has 0 saturated heterocycles. The van der Waals surface area contributed by atoms with E-state index in [1.54, 1.807) is 18.9 Å². The van der Waals surface area contributed by atoms with Crippen LogP contribution in [0.3, 0.4) is 0 Å². The number of carbonyl (C=O) groups is 1. The van der Waals surface area contributed by atoms with Gasteiger partial charge in [-0.2, -0.15) is 0 Å². The van der Waals surface area contributed by atoms with Gasteiger partial charge in [0.2, 0.25) is 0 Å². The van der Waals surface area contributed by atoms with Crippen LogP contribution in [0.25, 0.3) is 5.57 Å². The van der Waals surface area contributed by atoms with Crippen LogP contribution in [0.1, 0.15) is 11.1 Å². The molecule has 6 heteroatoms. The molecule has 1 N–H and O–H groups in total. The maximum absolute atomic E-state index is 10.7. The number of carboxylic acid groups (broad SMARTS) is 1. The average Bonchev–Trinajstić information content (AvgIpc) is 2.77. The maximum atomic E-state index is 10.7. The van der Waals surface area contributed by atoms with E-state index < -0.39 is 5.97 Å². The second-order valence-electron chi connectivity index (χ2n) is 6.30. The van der Waals surface area contributed by atoms with Crippen molar-refractivity contribution in [2.24, 2.45) is 0 Å². The zero-order chi connectivity index (χ0) is 21.3. The molecule has 3 aromatic rings. The summed E-state index contributed by atoms with van der Waals surface area (Å²) in [6.07, 6.45) is 2.23. The Hall–Kier alpha value is -2.45. The van der Waals surface area contributed by atoms with E-state index in [1.807, 2.05) is 48.5 Å². The molecule has 0 fully saturated rings. The summed E-state index contributed by atoms with van der Waals surface area (Å²) in [5, 5.41) is 8.76. The summed E-state index contributed by atoms with van der Waals surface area (Å²) in [6, 6.07) is 24.2. The lowest BCUT2D eigenvalue weighted by Crippen LogP contribution is -2.10. The fraction of sp³-hybridized carbons (Fsp3) is 0.125. The molecule has 0 unspecified atom stereocenters. The third-order valence-corrected chi connectivity index (χ3v) is 6.04. The molecule has 0 aliphatic heterocycles. The van der Waals surface area contributed by atoms with E-state index in [0.29, 0.717) is 5.75 Å². The molecule has 0 aliphatic carbocycles. The molecule has 0 amide bonds. The van der Waals surface area contributed by atoms with E-state index in [4.69, 9.17) is 14.6 Å². The number of rotatable bonds is 9. The van der Waals surface area contributed by atoms with Gasteiger partial charge in [-0.25, -0.2) is 4.79 Å². The third-order valence-electron chi connectivity index (χ3n) is 4.28. The van der Waals surface area contributed by atoms with E-state index in [0.717, 1.165) is 31.1 Å². The molecule has 0 spiro atoms. The van der Waals surface area contributed by atoms with Crippen LogP contribution in [0.4, 0.5) is 0 Å². The second-order valence-corrected chi connectivity index (χ2v) is 8.55. The zero-order valence-electron chi connectivity index (χ0n) is 16.4. The molecular formula is C24H21IO4S. The van der Waals surface area contributed by atoms with Crippen LogP contribution >= 0.6 is 34.4 Å². The highest BCUT2D eigenvalue weighted by Crippen LogP contribution is 2.30. The van der Waals surface area contributed by atoms with Crippen LogP contribution in [0.2, 0.25) is 0 Å². The van der Waals surface area contributed by atoms with Crippen molar-refractivity contribution in [3.8, 4) is 11.5 Å². The predicted octanol–water partition coefficient (Wildman–Crippen LogP) is 5.99. The lowest BCUT2D eigenvalue weighted by molar-refractivity contribution is -0.139. The summed E-state index contributed by atoms with van der Waals surface area (Å²) >= 11 is 3.88. The summed E-state index contributed by atoms with van der Waals surface area (Å²) in [6.45, 7) is -0.340. The Morgan fingerprint density at radius 2 is 1.73 bits per heavy atom. The molecule has 3 rings (SSSR count). The smallest absolute Gasteiger partial charge is 0.341 e. The molecule has 30 heavy (non-hydrogen) atoms. The molecule has 154 valence electrons. The van der Waals surface area contributed by atoms with Gasteiger partial charge in [-0.1, -0.05) is 48.5 Å². The standard InChI is InChI=1S/C24H21IO4S/c1-28-19-9-7-18(8-10-19)21(17-5-3-2-4-6-17)13-14-30-20-11-12-23(22(25)15-20)29-16-24(26)27/h2-13,15H,14,16H2,1H3,(H,26,27). The van der Waals surface area contributed by atoms with Crippen LogP contribution in [0.15, 0.2) is 83.8 Å². The van der Waals surface area contributed by atoms with Gasteiger partial charge in [-0.05, 0) is 69.6 Å². The Labute approximate surface area is 194 Å². The minimum Gasteiger partial charge on any atom is -0.497 e. The largest absolute Gasteiger partial charge is 0.497 e. The van der Waals surface area contributed by atoms with Gasteiger partial charge in [0.15, 0.2) is 6.61 Å². The summed E-state index contributed by atoms with van der Waals surface area (Å²) < 4.78 is 11.5.